The average molecular weight is 392 g/mol. The van der Waals surface area contributed by atoms with Crippen LogP contribution in [0.15, 0.2) is 48.5 Å². The number of anilines is 1. The summed E-state index contributed by atoms with van der Waals surface area (Å²) in [5.74, 6) is 1.37. The van der Waals surface area contributed by atoms with Gasteiger partial charge in [0, 0.05) is 0 Å². The topological polar surface area (TPSA) is 38.8 Å². The van der Waals surface area contributed by atoms with E-state index in [1.807, 2.05) is 36.4 Å². The highest BCUT2D eigenvalue weighted by Gasteiger charge is 2.39. The lowest BCUT2D eigenvalue weighted by Gasteiger charge is -2.35. The van der Waals surface area contributed by atoms with Gasteiger partial charge in [-0.05, 0) is 42.0 Å². The fraction of sp³-hybridized carbons (Fsp3) is 0.222. The summed E-state index contributed by atoms with van der Waals surface area (Å²) in [4.78, 5) is 14.4. The van der Waals surface area contributed by atoms with E-state index in [0.717, 1.165) is 22.7 Å². The second-order valence-corrected chi connectivity index (χ2v) is 7.73. The molecule has 1 heterocycles. The van der Waals surface area contributed by atoms with Crippen LogP contribution in [0, 0.1) is 0 Å². The number of thiocarbonyl (C=S) groups is 1. The molecule has 1 aliphatic heterocycles. The van der Waals surface area contributed by atoms with Crippen molar-refractivity contribution in [3.05, 3.63) is 54.1 Å². The molecule has 0 spiro atoms. The third-order valence-corrected chi connectivity index (χ3v) is 6.32. The molecule has 2 atom stereocenters. The molecule has 1 amide bonds. The maximum atomic E-state index is 12.9. The number of nitrogens with zero attached hydrogens (tertiary/aromatic N) is 1. The second-order valence-electron chi connectivity index (χ2n) is 5.39. The Kier molecular flexibility index (Phi) is 5.56. The summed E-state index contributed by atoms with van der Waals surface area (Å²) in [6.45, 7) is 0. The fourth-order valence-corrected chi connectivity index (χ4v) is 4.62. The van der Waals surface area contributed by atoms with Gasteiger partial charge in [0.05, 0.1) is 30.4 Å². The molecule has 0 unspecified atom stereocenters. The zero-order chi connectivity index (χ0) is 18.0. The SMILES string of the molecule is COc1ccc([C@H]2SC(=S)N(c3ccc(OC)cc3)C(=O)[C@H]2S)cc1. The summed E-state index contributed by atoms with van der Waals surface area (Å²) in [7, 11) is 3.22. The van der Waals surface area contributed by atoms with Gasteiger partial charge < -0.3 is 9.47 Å². The molecule has 1 fully saturated rings. The summed E-state index contributed by atoms with van der Waals surface area (Å²) in [5.41, 5.74) is 1.71. The number of carbonyl (C=O) groups is 1. The van der Waals surface area contributed by atoms with Gasteiger partial charge >= 0.3 is 0 Å². The molecule has 1 saturated heterocycles. The molecule has 4 nitrogen and oxygen atoms in total. The lowest BCUT2D eigenvalue weighted by atomic mass is 10.1. The number of thioether (sulfide) groups is 1. The third kappa shape index (κ3) is 3.63. The normalized spacial score (nSPS) is 20.5. The molecule has 130 valence electrons. The highest BCUT2D eigenvalue weighted by molar-refractivity contribution is 8.24. The maximum absolute atomic E-state index is 12.9. The van der Waals surface area contributed by atoms with E-state index in [1.165, 1.54) is 16.7 Å². The summed E-state index contributed by atoms with van der Waals surface area (Å²) >= 11 is 11.5. The Morgan fingerprint density at radius 1 is 1.00 bits per heavy atom. The van der Waals surface area contributed by atoms with Gasteiger partial charge in [0.15, 0.2) is 0 Å². The molecule has 2 aromatic carbocycles. The van der Waals surface area contributed by atoms with Crippen LogP contribution in [-0.4, -0.2) is 29.7 Å². The number of benzene rings is 2. The van der Waals surface area contributed by atoms with Crippen LogP contribution >= 0.6 is 36.6 Å². The largest absolute Gasteiger partial charge is 0.497 e. The van der Waals surface area contributed by atoms with Gasteiger partial charge in [0.25, 0.3) is 0 Å². The Morgan fingerprint density at radius 3 is 2.04 bits per heavy atom. The van der Waals surface area contributed by atoms with E-state index in [1.54, 1.807) is 26.4 Å². The molecule has 0 radical (unpaired) electrons. The first-order valence-electron chi connectivity index (χ1n) is 7.56. The molecule has 0 aliphatic carbocycles. The lowest BCUT2D eigenvalue weighted by Crippen LogP contribution is -2.46. The number of methoxy groups -OCH3 is 2. The Labute approximate surface area is 161 Å². The molecule has 0 saturated carbocycles. The number of amides is 1. The molecular weight excluding hydrogens is 374 g/mol. The van der Waals surface area contributed by atoms with Crippen LogP contribution in [0.3, 0.4) is 0 Å². The quantitative estimate of drug-likeness (QED) is 0.627. The maximum Gasteiger partial charge on any atom is 0.246 e. The Hall–Kier alpha value is -1.70. The van der Waals surface area contributed by atoms with Gasteiger partial charge in [0.1, 0.15) is 15.8 Å². The van der Waals surface area contributed by atoms with Crippen LogP contribution in [0.5, 0.6) is 11.5 Å². The van der Waals surface area contributed by atoms with E-state index in [-0.39, 0.29) is 11.2 Å². The number of carbonyl (C=O) groups excluding carboxylic acids is 1. The predicted octanol–water partition coefficient (Wildman–Crippen LogP) is 4.11. The summed E-state index contributed by atoms with van der Waals surface area (Å²) < 4.78 is 10.9. The summed E-state index contributed by atoms with van der Waals surface area (Å²) in [5, 5.41) is -0.629. The van der Waals surface area contributed by atoms with Crippen molar-refractivity contribution in [2.24, 2.45) is 0 Å². The minimum Gasteiger partial charge on any atom is -0.497 e. The van der Waals surface area contributed by atoms with Crippen molar-refractivity contribution < 1.29 is 14.3 Å². The molecule has 25 heavy (non-hydrogen) atoms. The van der Waals surface area contributed by atoms with Crippen LogP contribution in [0.25, 0.3) is 0 Å². The van der Waals surface area contributed by atoms with E-state index in [4.69, 9.17) is 21.7 Å². The monoisotopic (exact) mass is 391 g/mol. The minimum absolute atomic E-state index is 0.127. The average Bonchev–Trinajstić information content (AvgIpc) is 2.65. The van der Waals surface area contributed by atoms with Crippen molar-refractivity contribution in [1.82, 2.24) is 0 Å². The minimum atomic E-state index is -0.493. The van der Waals surface area contributed by atoms with Gasteiger partial charge in [0.2, 0.25) is 5.91 Å². The van der Waals surface area contributed by atoms with E-state index >= 15 is 0 Å². The first kappa shape index (κ1) is 18.1. The lowest BCUT2D eigenvalue weighted by molar-refractivity contribution is -0.117. The van der Waals surface area contributed by atoms with Gasteiger partial charge in [-0.15, -0.1) is 0 Å². The molecule has 0 aromatic heterocycles. The fourth-order valence-electron chi connectivity index (χ4n) is 2.59. The first-order valence-corrected chi connectivity index (χ1v) is 9.36. The number of rotatable bonds is 4. The van der Waals surface area contributed by atoms with E-state index in [2.05, 4.69) is 12.6 Å². The molecular formula is C18H17NO3S3. The van der Waals surface area contributed by atoms with Gasteiger partial charge in [-0.3, -0.25) is 9.69 Å². The molecule has 7 heteroatoms. The van der Waals surface area contributed by atoms with Crippen LogP contribution in [-0.2, 0) is 4.79 Å². The van der Waals surface area contributed by atoms with Crippen LogP contribution in [0.2, 0.25) is 0 Å². The smallest absolute Gasteiger partial charge is 0.246 e. The Balaban J connectivity index is 1.85. The molecule has 1 aliphatic rings. The number of thiol groups is 1. The zero-order valence-electron chi connectivity index (χ0n) is 13.7. The van der Waals surface area contributed by atoms with Crippen LogP contribution < -0.4 is 14.4 Å². The van der Waals surface area contributed by atoms with Crippen molar-refractivity contribution in [2.75, 3.05) is 19.1 Å². The zero-order valence-corrected chi connectivity index (χ0v) is 16.2. The van der Waals surface area contributed by atoms with Crippen molar-refractivity contribution in [2.45, 2.75) is 10.5 Å². The van der Waals surface area contributed by atoms with E-state index in [9.17, 15) is 4.79 Å². The van der Waals surface area contributed by atoms with Crippen molar-refractivity contribution in [3.8, 4) is 11.5 Å². The van der Waals surface area contributed by atoms with Gasteiger partial charge in [-0.25, -0.2) is 0 Å². The standard InChI is InChI=1S/C18H17NO3S3/c1-21-13-7-3-11(4-8-13)16-15(23)17(20)19(18(24)25-16)12-5-9-14(22-2)10-6-12/h3-10,15-16,23H,1-2H3/t15-,16+/m0/s1. The Bertz CT molecular complexity index is 777. The second kappa shape index (κ2) is 7.68. The summed E-state index contributed by atoms with van der Waals surface area (Å²) in [6, 6.07) is 14.9. The highest BCUT2D eigenvalue weighted by atomic mass is 32.2. The summed E-state index contributed by atoms with van der Waals surface area (Å²) in [6.07, 6.45) is 0. The van der Waals surface area contributed by atoms with E-state index in [0.29, 0.717) is 4.32 Å². The van der Waals surface area contributed by atoms with Crippen molar-refractivity contribution in [3.63, 3.8) is 0 Å². The van der Waals surface area contributed by atoms with Gasteiger partial charge in [-0.2, -0.15) is 12.6 Å². The molecule has 2 aromatic rings. The number of hydrogen-bond acceptors (Lipinski definition) is 6. The Morgan fingerprint density at radius 2 is 1.52 bits per heavy atom. The molecule has 0 N–H and O–H groups in total. The number of hydrogen-bond donors (Lipinski definition) is 1. The van der Waals surface area contributed by atoms with E-state index < -0.39 is 5.25 Å². The number of ether oxygens (including phenoxy) is 2. The van der Waals surface area contributed by atoms with Crippen LogP contribution in [0.1, 0.15) is 10.8 Å². The molecule has 3 rings (SSSR count). The van der Waals surface area contributed by atoms with Crippen molar-refractivity contribution >= 4 is 52.5 Å². The molecule has 0 bridgehead atoms. The van der Waals surface area contributed by atoms with Crippen molar-refractivity contribution in [1.29, 1.82) is 0 Å². The highest BCUT2D eigenvalue weighted by Crippen LogP contribution is 2.43. The third-order valence-electron chi connectivity index (χ3n) is 3.95. The van der Waals surface area contributed by atoms with Gasteiger partial charge in [-0.1, -0.05) is 36.1 Å². The van der Waals surface area contributed by atoms with Crippen LogP contribution in [0.4, 0.5) is 5.69 Å². The predicted molar refractivity (Wildman–Crippen MR) is 109 cm³/mol. The first-order chi connectivity index (χ1) is 12.0.